The lowest BCUT2D eigenvalue weighted by Crippen LogP contribution is -2.36. The number of rotatable bonds is 8. The Labute approximate surface area is 115 Å². The lowest BCUT2D eigenvalue weighted by Gasteiger charge is -2.14. The molecule has 0 bridgehead atoms. The highest BCUT2D eigenvalue weighted by molar-refractivity contribution is 5.77. The number of hydrogen-bond acceptors (Lipinski definition) is 3. The molecule has 0 aliphatic heterocycles. The third-order valence-electron chi connectivity index (χ3n) is 2.95. The monoisotopic (exact) mass is 264 g/mol. The standard InChI is InChI=1S/C15H24N2O2/c1-3-4-7-12(2)17-15(18)11-19-14-9-6-5-8-13(14)10-16/h5-6,8-9,12H,3-4,7,10-11,16H2,1-2H3,(H,17,18). The van der Waals surface area contributed by atoms with Gasteiger partial charge in [0.15, 0.2) is 6.61 Å². The number of ether oxygens (including phenoxy) is 1. The Kier molecular flexibility index (Phi) is 6.97. The van der Waals surface area contributed by atoms with Crippen molar-refractivity contribution in [2.45, 2.75) is 45.7 Å². The Morgan fingerprint density at radius 3 is 2.84 bits per heavy atom. The van der Waals surface area contributed by atoms with E-state index in [1.165, 1.54) is 0 Å². The summed E-state index contributed by atoms with van der Waals surface area (Å²) < 4.78 is 5.50. The summed E-state index contributed by atoms with van der Waals surface area (Å²) in [5, 5.41) is 2.93. The van der Waals surface area contributed by atoms with Gasteiger partial charge in [-0.3, -0.25) is 4.79 Å². The maximum absolute atomic E-state index is 11.7. The van der Waals surface area contributed by atoms with Crippen LogP contribution >= 0.6 is 0 Å². The molecule has 0 radical (unpaired) electrons. The highest BCUT2D eigenvalue weighted by Gasteiger charge is 2.08. The van der Waals surface area contributed by atoms with Crippen LogP contribution in [0.15, 0.2) is 24.3 Å². The van der Waals surface area contributed by atoms with Crippen LogP contribution in [0.2, 0.25) is 0 Å². The minimum Gasteiger partial charge on any atom is -0.483 e. The smallest absolute Gasteiger partial charge is 0.258 e. The summed E-state index contributed by atoms with van der Waals surface area (Å²) in [7, 11) is 0. The molecule has 0 saturated heterocycles. The van der Waals surface area contributed by atoms with Crippen molar-refractivity contribution in [3.05, 3.63) is 29.8 Å². The highest BCUT2D eigenvalue weighted by atomic mass is 16.5. The molecule has 0 fully saturated rings. The van der Waals surface area contributed by atoms with Crippen LogP contribution in [0.25, 0.3) is 0 Å². The molecule has 0 saturated carbocycles. The van der Waals surface area contributed by atoms with E-state index in [0.29, 0.717) is 12.3 Å². The number of nitrogens with two attached hydrogens (primary N) is 1. The summed E-state index contributed by atoms with van der Waals surface area (Å²) in [6.45, 7) is 4.60. The normalized spacial score (nSPS) is 11.9. The summed E-state index contributed by atoms with van der Waals surface area (Å²) in [5.74, 6) is 0.594. The maximum Gasteiger partial charge on any atom is 0.258 e. The van der Waals surface area contributed by atoms with Crippen molar-refractivity contribution in [1.82, 2.24) is 5.32 Å². The molecule has 3 N–H and O–H groups in total. The lowest BCUT2D eigenvalue weighted by atomic mass is 10.1. The topological polar surface area (TPSA) is 64.3 Å². The number of benzene rings is 1. The van der Waals surface area contributed by atoms with Gasteiger partial charge >= 0.3 is 0 Å². The molecule has 0 heterocycles. The molecule has 19 heavy (non-hydrogen) atoms. The van der Waals surface area contributed by atoms with Gasteiger partial charge in [0, 0.05) is 18.2 Å². The van der Waals surface area contributed by atoms with E-state index in [-0.39, 0.29) is 18.6 Å². The fourth-order valence-corrected chi connectivity index (χ4v) is 1.86. The first-order chi connectivity index (χ1) is 9.17. The van der Waals surface area contributed by atoms with Crippen LogP contribution in [0.4, 0.5) is 0 Å². The third kappa shape index (κ3) is 5.75. The molecule has 0 aromatic heterocycles. The van der Waals surface area contributed by atoms with Crippen molar-refractivity contribution in [2.75, 3.05) is 6.61 Å². The molecule has 0 aliphatic carbocycles. The molecule has 1 aromatic carbocycles. The molecule has 1 rings (SSSR count). The fraction of sp³-hybridized carbons (Fsp3) is 0.533. The summed E-state index contributed by atoms with van der Waals surface area (Å²) in [5.41, 5.74) is 6.52. The zero-order valence-electron chi connectivity index (χ0n) is 11.8. The zero-order chi connectivity index (χ0) is 14.1. The van der Waals surface area contributed by atoms with Gasteiger partial charge in [0.05, 0.1) is 0 Å². The Morgan fingerprint density at radius 2 is 2.16 bits per heavy atom. The van der Waals surface area contributed by atoms with Gasteiger partial charge in [0.1, 0.15) is 5.75 Å². The van der Waals surface area contributed by atoms with Crippen LogP contribution in [0, 0.1) is 0 Å². The third-order valence-corrected chi connectivity index (χ3v) is 2.95. The second kappa shape index (κ2) is 8.53. The van der Waals surface area contributed by atoms with Gasteiger partial charge in [-0.15, -0.1) is 0 Å². The van der Waals surface area contributed by atoms with Gasteiger partial charge in [-0.25, -0.2) is 0 Å². The van der Waals surface area contributed by atoms with Gasteiger partial charge in [-0.05, 0) is 19.4 Å². The van der Waals surface area contributed by atoms with Crippen LogP contribution < -0.4 is 15.8 Å². The average Bonchev–Trinajstić information content (AvgIpc) is 2.43. The Hall–Kier alpha value is -1.55. The molecule has 1 atom stereocenters. The predicted molar refractivity (Wildman–Crippen MR) is 77.0 cm³/mol. The van der Waals surface area contributed by atoms with E-state index < -0.39 is 0 Å². The number of para-hydroxylation sites is 1. The van der Waals surface area contributed by atoms with Crippen molar-refractivity contribution in [1.29, 1.82) is 0 Å². The van der Waals surface area contributed by atoms with Gasteiger partial charge in [-0.1, -0.05) is 38.0 Å². The first-order valence-corrected chi connectivity index (χ1v) is 6.87. The number of amides is 1. The SMILES string of the molecule is CCCCC(C)NC(=O)COc1ccccc1CN. The Morgan fingerprint density at radius 1 is 1.42 bits per heavy atom. The van der Waals surface area contributed by atoms with Crippen LogP contribution in [0.5, 0.6) is 5.75 Å². The van der Waals surface area contributed by atoms with Gasteiger partial charge in [-0.2, -0.15) is 0 Å². The van der Waals surface area contributed by atoms with Gasteiger partial charge in [0.2, 0.25) is 0 Å². The lowest BCUT2D eigenvalue weighted by molar-refractivity contribution is -0.123. The van der Waals surface area contributed by atoms with Crippen molar-refractivity contribution in [3.8, 4) is 5.75 Å². The summed E-state index contributed by atoms with van der Waals surface area (Å²) in [6.07, 6.45) is 3.26. The van der Waals surface area contributed by atoms with E-state index >= 15 is 0 Å². The molecule has 1 aromatic rings. The zero-order valence-corrected chi connectivity index (χ0v) is 11.8. The number of carbonyl (C=O) groups excluding carboxylic acids is 1. The molecule has 1 amide bonds. The first kappa shape index (κ1) is 15.5. The summed E-state index contributed by atoms with van der Waals surface area (Å²) in [4.78, 5) is 11.7. The second-order valence-electron chi connectivity index (χ2n) is 4.71. The average molecular weight is 264 g/mol. The maximum atomic E-state index is 11.7. The van der Waals surface area contributed by atoms with E-state index in [9.17, 15) is 4.79 Å². The van der Waals surface area contributed by atoms with E-state index in [1.807, 2.05) is 31.2 Å². The Bertz CT molecular complexity index is 393. The molecular formula is C15H24N2O2. The van der Waals surface area contributed by atoms with E-state index in [1.54, 1.807) is 0 Å². The van der Waals surface area contributed by atoms with Gasteiger partial charge in [0.25, 0.3) is 5.91 Å². The molecule has 106 valence electrons. The quantitative estimate of drug-likeness (QED) is 0.756. The fourth-order valence-electron chi connectivity index (χ4n) is 1.86. The minimum atomic E-state index is -0.0876. The molecule has 4 heteroatoms. The number of unbranched alkanes of at least 4 members (excludes halogenated alkanes) is 1. The number of hydrogen-bond donors (Lipinski definition) is 2. The van der Waals surface area contributed by atoms with Crippen molar-refractivity contribution < 1.29 is 9.53 Å². The molecule has 0 spiro atoms. The molecule has 1 unspecified atom stereocenters. The largest absolute Gasteiger partial charge is 0.483 e. The van der Waals surface area contributed by atoms with E-state index in [0.717, 1.165) is 24.8 Å². The summed E-state index contributed by atoms with van der Waals surface area (Å²) in [6, 6.07) is 7.70. The summed E-state index contributed by atoms with van der Waals surface area (Å²) >= 11 is 0. The van der Waals surface area contributed by atoms with Crippen molar-refractivity contribution >= 4 is 5.91 Å². The minimum absolute atomic E-state index is 0.0352. The highest BCUT2D eigenvalue weighted by Crippen LogP contribution is 2.16. The van der Waals surface area contributed by atoms with E-state index in [4.69, 9.17) is 10.5 Å². The van der Waals surface area contributed by atoms with E-state index in [2.05, 4.69) is 12.2 Å². The van der Waals surface area contributed by atoms with Crippen LogP contribution in [0.3, 0.4) is 0 Å². The van der Waals surface area contributed by atoms with Crippen LogP contribution in [-0.2, 0) is 11.3 Å². The predicted octanol–water partition coefficient (Wildman–Crippen LogP) is 2.22. The van der Waals surface area contributed by atoms with Gasteiger partial charge < -0.3 is 15.8 Å². The van der Waals surface area contributed by atoms with Crippen molar-refractivity contribution in [2.24, 2.45) is 5.73 Å². The van der Waals surface area contributed by atoms with Crippen LogP contribution in [0.1, 0.15) is 38.7 Å². The second-order valence-corrected chi connectivity index (χ2v) is 4.71. The first-order valence-electron chi connectivity index (χ1n) is 6.87. The number of nitrogens with one attached hydrogen (secondary N) is 1. The molecular weight excluding hydrogens is 240 g/mol. The Balaban J connectivity index is 2.37. The van der Waals surface area contributed by atoms with Crippen molar-refractivity contribution in [3.63, 3.8) is 0 Å². The molecule has 0 aliphatic rings. The van der Waals surface area contributed by atoms with Crippen LogP contribution in [-0.4, -0.2) is 18.6 Å². The number of carbonyl (C=O) groups is 1. The molecule has 4 nitrogen and oxygen atoms in total.